The van der Waals surface area contributed by atoms with Gasteiger partial charge in [-0.05, 0) is 44.7 Å². The third kappa shape index (κ3) is 6.14. The lowest BCUT2D eigenvalue weighted by atomic mass is 10.1. The van der Waals surface area contributed by atoms with Crippen LogP contribution in [0.3, 0.4) is 0 Å². The molecule has 8 heteroatoms. The van der Waals surface area contributed by atoms with Crippen molar-refractivity contribution in [2.75, 3.05) is 13.2 Å². The first-order chi connectivity index (χ1) is 13.2. The normalized spacial score (nSPS) is 11.4. The van der Waals surface area contributed by atoms with Crippen LogP contribution in [0, 0.1) is 0 Å². The van der Waals surface area contributed by atoms with Gasteiger partial charge in [0.25, 0.3) is 0 Å². The van der Waals surface area contributed by atoms with E-state index in [0.29, 0.717) is 30.6 Å². The Kier molecular flexibility index (Phi) is 7.25. The van der Waals surface area contributed by atoms with Crippen LogP contribution in [-0.4, -0.2) is 19.2 Å². The molecule has 1 aromatic carbocycles. The van der Waals surface area contributed by atoms with Gasteiger partial charge in [0.05, 0.1) is 18.8 Å². The van der Waals surface area contributed by atoms with Crippen molar-refractivity contribution in [2.24, 2.45) is 0 Å². The Bertz CT molecular complexity index is 899. The minimum atomic E-state index is -4.64. The van der Waals surface area contributed by atoms with Gasteiger partial charge in [-0.2, -0.15) is 13.2 Å². The third-order valence-electron chi connectivity index (χ3n) is 3.91. The van der Waals surface area contributed by atoms with Gasteiger partial charge in [-0.25, -0.2) is 9.59 Å². The second-order valence-electron chi connectivity index (χ2n) is 6.31. The molecule has 0 atom stereocenters. The molecule has 0 fully saturated rings. The Labute approximate surface area is 159 Å². The summed E-state index contributed by atoms with van der Waals surface area (Å²) in [7, 11) is 0. The molecule has 0 saturated heterocycles. The predicted molar refractivity (Wildman–Crippen MR) is 97.2 cm³/mol. The van der Waals surface area contributed by atoms with E-state index in [0.717, 1.165) is 25.7 Å². The monoisotopic (exact) mass is 398 g/mol. The number of carbonyl (C=O) groups is 1. The second-order valence-corrected chi connectivity index (χ2v) is 6.31. The molecule has 0 unspecified atom stereocenters. The fourth-order valence-electron chi connectivity index (χ4n) is 2.50. The number of halogens is 3. The molecule has 0 aliphatic carbocycles. The van der Waals surface area contributed by atoms with Crippen LogP contribution < -0.4 is 10.4 Å². The first kappa shape index (κ1) is 21.5. The smallest absolute Gasteiger partial charge is 0.417 e. The maximum Gasteiger partial charge on any atom is 0.417 e. The molecule has 0 aliphatic heterocycles. The predicted octanol–water partition coefficient (Wildman–Crippen LogP) is 4.87. The van der Waals surface area contributed by atoms with Crippen LogP contribution in [0.15, 0.2) is 45.6 Å². The van der Waals surface area contributed by atoms with Crippen LogP contribution in [0.2, 0.25) is 0 Å². The summed E-state index contributed by atoms with van der Waals surface area (Å²) in [6.07, 6.45) is -1.52. The van der Waals surface area contributed by atoms with Crippen LogP contribution in [0.4, 0.5) is 13.2 Å². The highest BCUT2D eigenvalue weighted by Crippen LogP contribution is 2.34. The van der Waals surface area contributed by atoms with Gasteiger partial charge in [-0.1, -0.05) is 6.58 Å². The highest BCUT2D eigenvalue weighted by Gasteiger charge is 2.33. The van der Waals surface area contributed by atoms with Crippen molar-refractivity contribution < 1.29 is 31.9 Å². The molecule has 0 amide bonds. The molecule has 5 nitrogen and oxygen atoms in total. The molecular formula is C20H21F3O5. The van der Waals surface area contributed by atoms with E-state index in [1.54, 1.807) is 6.92 Å². The van der Waals surface area contributed by atoms with E-state index in [4.69, 9.17) is 13.9 Å². The Morgan fingerprint density at radius 1 is 1.11 bits per heavy atom. The van der Waals surface area contributed by atoms with Gasteiger partial charge in [0.15, 0.2) is 0 Å². The highest BCUT2D eigenvalue weighted by atomic mass is 19.4. The largest absolute Gasteiger partial charge is 0.493 e. The SMILES string of the molecule is C=C(C)C(=O)OCCCCCCOc1ccc2c(C(F)(F)F)cc(=O)oc2c1. The van der Waals surface area contributed by atoms with Crippen molar-refractivity contribution in [3.8, 4) is 5.75 Å². The van der Waals surface area contributed by atoms with Crippen molar-refractivity contribution in [1.82, 2.24) is 0 Å². The zero-order valence-corrected chi connectivity index (χ0v) is 15.4. The summed E-state index contributed by atoms with van der Waals surface area (Å²) in [6, 6.07) is 4.36. The fraction of sp³-hybridized carbons (Fsp3) is 0.400. The van der Waals surface area contributed by atoms with Crippen LogP contribution >= 0.6 is 0 Å². The number of alkyl halides is 3. The molecule has 0 N–H and O–H groups in total. The van der Waals surface area contributed by atoms with Crippen LogP contribution in [0.25, 0.3) is 11.0 Å². The highest BCUT2D eigenvalue weighted by molar-refractivity contribution is 5.86. The number of benzene rings is 1. The van der Waals surface area contributed by atoms with E-state index >= 15 is 0 Å². The van der Waals surface area contributed by atoms with Crippen molar-refractivity contribution >= 4 is 16.9 Å². The zero-order chi connectivity index (χ0) is 20.7. The number of rotatable bonds is 9. The lowest BCUT2D eigenvalue weighted by molar-refractivity contribution is -0.139. The molecule has 0 aliphatic rings. The minimum Gasteiger partial charge on any atom is -0.493 e. The Morgan fingerprint density at radius 3 is 2.43 bits per heavy atom. The summed E-state index contributed by atoms with van der Waals surface area (Å²) < 4.78 is 54.4. The number of unbranched alkanes of at least 4 members (excludes halogenated alkanes) is 3. The van der Waals surface area contributed by atoms with Crippen LogP contribution in [0.5, 0.6) is 5.75 Å². The Morgan fingerprint density at radius 2 is 1.79 bits per heavy atom. The third-order valence-corrected chi connectivity index (χ3v) is 3.91. The number of carbonyl (C=O) groups excluding carboxylic acids is 1. The quantitative estimate of drug-likeness (QED) is 0.261. The lowest BCUT2D eigenvalue weighted by Crippen LogP contribution is -2.11. The Hall–Kier alpha value is -2.77. The Balaban J connectivity index is 1.81. The van der Waals surface area contributed by atoms with E-state index in [9.17, 15) is 22.8 Å². The summed E-state index contributed by atoms with van der Waals surface area (Å²) in [5.41, 5.74) is -1.90. The van der Waals surface area contributed by atoms with Gasteiger partial charge in [-0.3, -0.25) is 0 Å². The van der Waals surface area contributed by atoms with Crippen LogP contribution in [0.1, 0.15) is 38.2 Å². The second kappa shape index (κ2) is 9.43. The van der Waals surface area contributed by atoms with E-state index in [1.807, 2.05) is 0 Å². The number of hydrogen-bond donors (Lipinski definition) is 0. The molecule has 0 saturated carbocycles. The van der Waals surface area contributed by atoms with E-state index in [2.05, 4.69) is 6.58 Å². The molecule has 2 aromatic rings. The number of esters is 1. The molecule has 0 spiro atoms. The minimum absolute atomic E-state index is 0.170. The topological polar surface area (TPSA) is 65.7 Å². The molecular weight excluding hydrogens is 377 g/mol. The van der Waals surface area contributed by atoms with Crippen molar-refractivity contribution in [1.29, 1.82) is 0 Å². The van der Waals surface area contributed by atoms with Gasteiger partial charge >= 0.3 is 17.8 Å². The van der Waals surface area contributed by atoms with E-state index in [1.165, 1.54) is 18.2 Å². The van der Waals surface area contributed by atoms with Gasteiger partial charge in [0.2, 0.25) is 0 Å². The first-order valence-electron chi connectivity index (χ1n) is 8.79. The average Bonchev–Trinajstić information content (AvgIpc) is 2.61. The van der Waals surface area contributed by atoms with Gasteiger partial charge in [0.1, 0.15) is 11.3 Å². The van der Waals surface area contributed by atoms with E-state index < -0.39 is 23.3 Å². The lowest BCUT2D eigenvalue weighted by Gasteiger charge is -2.11. The standard InChI is InChI=1S/C20H21F3O5/c1-13(2)19(25)27-10-6-4-3-5-9-26-14-7-8-15-16(20(21,22)23)12-18(24)28-17(15)11-14/h7-8,11-12H,1,3-6,9-10H2,2H3. The molecule has 152 valence electrons. The first-order valence-corrected chi connectivity index (χ1v) is 8.79. The van der Waals surface area contributed by atoms with Crippen molar-refractivity contribution in [3.05, 3.63) is 52.4 Å². The maximum absolute atomic E-state index is 13.0. The molecule has 0 bridgehead atoms. The molecule has 2 rings (SSSR count). The van der Waals surface area contributed by atoms with Gasteiger partial charge in [-0.15, -0.1) is 0 Å². The average molecular weight is 398 g/mol. The maximum atomic E-state index is 13.0. The fourth-order valence-corrected chi connectivity index (χ4v) is 2.50. The van der Waals surface area contributed by atoms with Crippen LogP contribution in [-0.2, 0) is 15.7 Å². The number of hydrogen-bond acceptors (Lipinski definition) is 5. The molecule has 0 radical (unpaired) electrons. The molecule has 1 heterocycles. The molecule has 28 heavy (non-hydrogen) atoms. The van der Waals surface area contributed by atoms with Gasteiger partial charge in [0, 0.05) is 23.1 Å². The summed E-state index contributed by atoms with van der Waals surface area (Å²) in [6.45, 7) is 5.77. The summed E-state index contributed by atoms with van der Waals surface area (Å²) in [5, 5.41) is -0.191. The summed E-state index contributed by atoms with van der Waals surface area (Å²) >= 11 is 0. The number of fused-ring (bicyclic) bond motifs is 1. The number of ether oxygens (including phenoxy) is 2. The summed E-state index contributed by atoms with van der Waals surface area (Å²) in [5.74, 6) is -0.0784. The van der Waals surface area contributed by atoms with Crippen molar-refractivity contribution in [3.63, 3.8) is 0 Å². The molecule has 1 aromatic heterocycles. The van der Waals surface area contributed by atoms with E-state index in [-0.39, 0.29) is 11.0 Å². The van der Waals surface area contributed by atoms with Gasteiger partial charge < -0.3 is 13.9 Å². The zero-order valence-electron chi connectivity index (χ0n) is 15.4. The van der Waals surface area contributed by atoms with Crippen molar-refractivity contribution in [2.45, 2.75) is 38.8 Å². The summed E-state index contributed by atoms with van der Waals surface area (Å²) in [4.78, 5) is 22.6.